The topological polar surface area (TPSA) is 42.2 Å². The van der Waals surface area contributed by atoms with Crippen LogP contribution in [0.25, 0.3) is 6.08 Å². The van der Waals surface area contributed by atoms with E-state index in [-0.39, 0.29) is 5.69 Å². The van der Waals surface area contributed by atoms with E-state index in [9.17, 15) is 13.6 Å². The van der Waals surface area contributed by atoms with Crippen LogP contribution in [-0.2, 0) is 4.79 Å². The Hall–Kier alpha value is -2.43. The molecule has 0 aliphatic heterocycles. The van der Waals surface area contributed by atoms with Gasteiger partial charge in [-0.2, -0.15) is 0 Å². The summed E-state index contributed by atoms with van der Waals surface area (Å²) in [4.78, 5) is 11.4. The van der Waals surface area contributed by atoms with Gasteiger partial charge in [-0.1, -0.05) is 0 Å². The van der Waals surface area contributed by atoms with Crippen molar-refractivity contribution in [2.75, 3.05) is 5.32 Å². The van der Waals surface area contributed by atoms with E-state index < -0.39 is 17.5 Å². The summed E-state index contributed by atoms with van der Waals surface area (Å²) in [6.07, 6.45) is 4.18. The third-order valence-electron chi connectivity index (χ3n) is 2.13. The van der Waals surface area contributed by atoms with Crippen molar-refractivity contribution >= 4 is 17.7 Å². The highest BCUT2D eigenvalue weighted by Crippen LogP contribution is 2.13. The number of rotatable bonds is 3. The Labute approximate surface area is 102 Å². The number of anilines is 1. The monoisotopic (exact) mass is 249 g/mol. The van der Waals surface area contributed by atoms with Gasteiger partial charge in [-0.05, 0) is 30.3 Å². The molecule has 0 atom stereocenters. The highest BCUT2D eigenvalue weighted by atomic mass is 19.2. The van der Waals surface area contributed by atoms with Gasteiger partial charge in [-0.3, -0.25) is 4.79 Å². The largest absolute Gasteiger partial charge is 0.465 e. The van der Waals surface area contributed by atoms with E-state index in [0.717, 1.165) is 12.1 Å². The molecule has 0 aliphatic carbocycles. The first kappa shape index (κ1) is 12.0. The third kappa shape index (κ3) is 3.04. The Balaban J connectivity index is 2.01. The van der Waals surface area contributed by atoms with Gasteiger partial charge >= 0.3 is 0 Å². The Morgan fingerprint density at radius 1 is 1.22 bits per heavy atom. The number of benzene rings is 1. The SMILES string of the molecule is O=C(/C=C\c1ccco1)Nc1ccc(F)c(F)c1. The van der Waals surface area contributed by atoms with Gasteiger partial charge in [0.15, 0.2) is 11.6 Å². The molecule has 1 amide bonds. The fraction of sp³-hybridized carbons (Fsp3) is 0. The van der Waals surface area contributed by atoms with Crippen molar-refractivity contribution in [3.8, 4) is 0 Å². The Bertz CT molecular complexity index is 577. The van der Waals surface area contributed by atoms with Crippen molar-refractivity contribution in [3.05, 3.63) is 60.1 Å². The molecule has 1 aromatic carbocycles. The summed E-state index contributed by atoms with van der Waals surface area (Å²) < 4.78 is 30.5. The molecule has 2 rings (SSSR count). The van der Waals surface area contributed by atoms with Crippen molar-refractivity contribution in [2.45, 2.75) is 0 Å². The molecule has 1 aromatic heterocycles. The molecular formula is C13H9F2NO2. The molecule has 1 N–H and O–H groups in total. The smallest absolute Gasteiger partial charge is 0.248 e. The van der Waals surface area contributed by atoms with Crippen LogP contribution in [0.5, 0.6) is 0 Å². The summed E-state index contributed by atoms with van der Waals surface area (Å²) in [6, 6.07) is 6.50. The number of carbonyl (C=O) groups is 1. The molecule has 0 fully saturated rings. The number of halogens is 2. The number of amides is 1. The van der Waals surface area contributed by atoms with Crippen molar-refractivity contribution in [1.29, 1.82) is 0 Å². The summed E-state index contributed by atoms with van der Waals surface area (Å²) in [6.45, 7) is 0. The standard InChI is InChI=1S/C13H9F2NO2/c14-11-5-3-9(8-12(11)15)16-13(17)6-4-10-2-1-7-18-10/h1-8H,(H,16,17)/b6-4-. The average Bonchev–Trinajstić information content (AvgIpc) is 2.84. The minimum Gasteiger partial charge on any atom is -0.465 e. The number of carbonyl (C=O) groups excluding carboxylic acids is 1. The Kier molecular flexibility index (Phi) is 3.52. The van der Waals surface area contributed by atoms with Crippen molar-refractivity contribution in [1.82, 2.24) is 0 Å². The second-order valence-electron chi connectivity index (χ2n) is 3.47. The van der Waals surface area contributed by atoms with Crippen molar-refractivity contribution in [3.63, 3.8) is 0 Å². The highest BCUT2D eigenvalue weighted by Gasteiger charge is 2.04. The lowest BCUT2D eigenvalue weighted by molar-refractivity contribution is -0.111. The van der Waals surface area contributed by atoms with Crippen LogP contribution in [0.1, 0.15) is 5.76 Å². The average molecular weight is 249 g/mol. The van der Waals surface area contributed by atoms with Crippen molar-refractivity contribution in [2.24, 2.45) is 0 Å². The maximum Gasteiger partial charge on any atom is 0.248 e. The van der Waals surface area contributed by atoms with Gasteiger partial charge < -0.3 is 9.73 Å². The molecule has 1 heterocycles. The lowest BCUT2D eigenvalue weighted by Gasteiger charge is -2.02. The molecule has 0 saturated heterocycles. The van der Waals surface area contributed by atoms with Gasteiger partial charge in [0.25, 0.3) is 0 Å². The minimum absolute atomic E-state index is 0.183. The first-order valence-corrected chi connectivity index (χ1v) is 5.13. The summed E-state index contributed by atoms with van der Waals surface area (Å²) >= 11 is 0. The van der Waals surface area contributed by atoms with Gasteiger partial charge in [0.1, 0.15) is 5.76 Å². The summed E-state index contributed by atoms with van der Waals surface area (Å²) in [5.41, 5.74) is 0.183. The molecule has 0 bridgehead atoms. The van der Waals surface area contributed by atoms with Crippen LogP contribution in [-0.4, -0.2) is 5.91 Å². The summed E-state index contributed by atoms with van der Waals surface area (Å²) in [7, 11) is 0. The van der Waals surface area contributed by atoms with Crippen LogP contribution in [0.15, 0.2) is 47.1 Å². The van der Waals surface area contributed by atoms with Gasteiger partial charge in [-0.25, -0.2) is 8.78 Å². The highest BCUT2D eigenvalue weighted by molar-refractivity contribution is 6.01. The number of hydrogen-bond acceptors (Lipinski definition) is 2. The van der Waals surface area contributed by atoms with Gasteiger partial charge in [0, 0.05) is 17.8 Å². The molecule has 0 saturated carbocycles. The van der Waals surface area contributed by atoms with Crippen molar-refractivity contribution < 1.29 is 18.0 Å². The normalized spacial score (nSPS) is 10.8. The second kappa shape index (κ2) is 5.27. The van der Waals surface area contributed by atoms with E-state index >= 15 is 0 Å². The van der Waals surface area contributed by atoms with Crippen LogP contribution in [0.4, 0.5) is 14.5 Å². The third-order valence-corrected chi connectivity index (χ3v) is 2.13. The van der Waals surface area contributed by atoms with E-state index in [1.54, 1.807) is 12.1 Å². The number of hydrogen-bond donors (Lipinski definition) is 1. The van der Waals surface area contributed by atoms with Crippen LogP contribution in [0, 0.1) is 11.6 Å². The molecule has 0 spiro atoms. The van der Waals surface area contributed by atoms with Crippen LogP contribution >= 0.6 is 0 Å². The lowest BCUT2D eigenvalue weighted by Crippen LogP contribution is -2.08. The van der Waals surface area contributed by atoms with Gasteiger partial charge in [0.05, 0.1) is 6.26 Å². The molecule has 92 valence electrons. The zero-order chi connectivity index (χ0) is 13.0. The lowest BCUT2D eigenvalue weighted by atomic mass is 10.3. The molecule has 0 aliphatic rings. The second-order valence-corrected chi connectivity index (χ2v) is 3.47. The maximum atomic E-state index is 12.9. The van der Waals surface area contributed by atoms with E-state index in [4.69, 9.17) is 4.42 Å². The zero-order valence-corrected chi connectivity index (χ0v) is 9.19. The predicted octanol–water partition coefficient (Wildman–Crippen LogP) is 3.21. The van der Waals surface area contributed by atoms with Crippen LogP contribution < -0.4 is 5.32 Å². The molecular weight excluding hydrogens is 240 g/mol. The zero-order valence-electron chi connectivity index (χ0n) is 9.19. The van der Waals surface area contributed by atoms with Gasteiger partial charge in [0.2, 0.25) is 5.91 Å². The predicted molar refractivity (Wildman–Crippen MR) is 62.7 cm³/mol. The summed E-state index contributed by atoms with van der Waals surface area (Å²) in [5, 5.41) is 2.40. The van der Waals surface area contributed by atoms with Gasteiger partial charge in [-0.15, -0.1) is 0 Å². The minimum atomic E-state index is -1.01. The maximum absolute atomic E-state index is 12.9. The fourth-order valence-electron chi connectivity index (χ4n) is 1.30. The molecule has 18 heavy (non-hydrogen) atoms. The Morgan fingerprint density at radius 2 is 2.06 bits per heavy atom. The van der Waals surface area contributed by atoms with E-state index in [0.29, 0.717) is 5.76 Å². The van der Waals surface area contributed by atoms with Crippen LogP contribution in [0.2, 0.25) is 0 Å². The quantitative estimate of drug-likeness (QED) is 0.849. The van der Waals surface area contributed by atoms with E-state index in [1.165, 1.54) is 24.5 Å². The van der Waals surface area contributed by atoms with E-state index in [1.807, 2.05) is 0 Å². The molecule has 0 radical (unpaired) electrons. The summed E-state index contributed by atoms with van der Waals surface area (Å²) in [5.74, 6) is -1.91. The first-order valence-electron chi connectivity index (χ1n) is 5.13. The van der Waals surface area contributed by atoms with E-state index in [2.05, 4.69) is 5.32 Å². The molecule has 0 unspecified atom stereocenters. The molecule has 2 aromatic rings. The Morgan fingerprint density at radius 3 is 2.72 bits per heavy atom. The molecule has 5 heteroatoms. The fourth-order valence-corrected chi connectivity index (χ4v) is 1.30. The number of furan rings is 1. The first-order chi connectivity index (χ1) is 8.65. The van der Waals surface area contributed by atoms with Crippen LogP contribution in [0.3, 0.4) is 0 Å². The molecule has 3 nitrogen and oxygen atoms in total. The number of nitrogens with one attached hydrogen (secondary N) is 1.